The second-order valence-electron chi connectivity index (χ2n) is 10.2. The molecule has 1 aliphatic heterocycles. The Labute approximate surface area is 266 Å². The minimum atomic E-state index is -3.65. The van der Waals surface area contributed by atoms with E-state index in [1.807, 2.05) is 13.8 Å². The van der Waals surface area contributed by atoms with Crippen molar-refractivity contribution in [2.24, 2.45) is 10.9 Å². The van der Waals surface area contributed by atoms with Crippen LogP contribution in [0.2, 0.25) is 10.0 Å². The molecule has 0 saturated heterocycles. The molecule has 0 aliphatic carbocycles. The zero-order valence-corrected chi connectivity index (χ0v) is 27.1. The number of hydrogen-bond acceptors (Lipinski definition) is 9. The number of nitrogens with one attached hydrogen (secondary N) is 2. The van der Waals surface area contributed by atoms with Gasteiger partial charge in [0.15, 0.2) is 5.84 Å². The number of rotatable bonds is 9. The van der Waals surface area contributed by atoms with E-state index in [0.29, 0.717) is 10.2 Å². The summed E-state index contributed by atoms with van der Waals surface area (Å²) in [7, 11) is -2.13. The highest BCUT2D eigenvalue weighted by Gasteiger charge is 2.43. The third-order valence-electron chi connectivity index (χ3n) is 6.61. The molecule has 45 heavy (non-hydrogen) atoms. The van der Waals surface area contributed by atoms with Crippen molar-refractivity contribution >= 4 is 56.6 Å². The molecule has 3 N–H and O–H groups in total. The Morgan fingerprint density at radius 2 is 1.84 bits per heavy atom. The highest BCUT2D eigenvalue weighted by Crippen LogP contribution is 2.32. The van der Waals surface area contributed by atoms with E-state index in [4.69, 9.17) is 27.9 Å². The fourth-order valence-corrected chi connectivity index (χ4v) is 5.12. The summed E-state index contributed by atoms with van der Waals surface area (Å²) in [6.07, 6.45) is 2.42. The molecule has 1 unspecified atom stereocenters. The van der Waals surface area contributed by atoms with E-state index in [1.165, 1.54) is 32.4 Å². The number of anilines is 1. The number of sulfonamides is 1. The largest absolute Gasteiger partial charge is 0.478 e. The molecule has 1 aliphatic rings. The summed E-state index contributed by atoms with van der Waals surface area (Å²) >= 11 is 11.8. The van der Waals surface area contributed by atoms with Crippen LogP contribution in [0.1, 0.15) is 54.8 Å². The van der Waals surface area contributed by atoms with Crippen molar-refractivity contribution in [2.45, 2.75) is 46.4 Å². The van der Waals surface area contributed by atoms with Gasteiger partial charge in [-0.25, -0.2) is 27.6 Å². The zero-order valence-electron chi connectivity index (χ0n) is 24.7. The topological polar surface area (TPSA) is 187 Å². The molecule has 4 rings (SSSR count). The predicted molar refractivity (Wildman–Crippen MR) is 162 cm³/mol. The number of carboxylic acid groups (broad SMARTS) is 1. The summed E-state index contributed by atoms with van der Waals surface area (Å²) in [4.78, 5) is 44.2. The highest BCUT2D eigenvalue weighted by molar-refractivity contribution is 7.92. The minimum absolute atomic E-state index is 0.0124. The van der Waals surface area contributed by atoms with Crippen molar-refractivity contribution in [1.82, 2.24) is 24.6 Å². The van der Waals surface area contributed by atoms with E-state index in [0.717, 1.165) is 12.3 Å². The van der Waals surface area contributed by atoms with Crippen LogP contribution >= 0.6 is 23.2 Å². The summed E-state index contributed by atoms with van der Waals surface area (Å²) in [5.41, 5.74) is -1.41. The maximum atomic E-state index is 12.8. The van der Waals surface area contributed by atoms with Crippen LogP contribution in [0.25, 0.3) is 5.69 Å². The Kier molecular flexibility index (Phi) is 10.7. The lowest BCUT2D eigenvalue weighted by Crippen LogP contribution is -2.41. The van der Waals surface area contributed by atoms with Gasteiger partial charge in [-0.05, 0) is 43.5 Å². The number of halogens is 4. The quantitative estimate of drug-likeness (QED) is 0.301. The van der Waals surface area contributed by atoms with Gasteiger partial charge in [-0.15, -0.1) is 5.10 Å². The number of carbonyl (C=O) groups is 2. The first-order chi connectivity index (χ1) is 20.8. The molecule has 0 radical (unpaired) electrons. The van der Waals surface area contributed by atoms with Crippen molar-refractivity contribution in [3.8, 4) is 5.69 Å². The van der Waals surface area contributed by atoms with Crippen molar-refractivity contribution in [3.63, 3.8) is 0 Å². The number of carbonyl (C=O) groups excluding carboxylic acids is 1. The molecule has 0 bridgehead atoms. The van der Waals surface area contributed by atoms with Gasteiger partial charge in [0, 0.05) is 13.3 Å². The smallest absolute Gasteiger partial charge is 0.355 e. The average molecular weight is 693 g/mol. The fourth-order valence-electron chi connectivity index (χ4n) is 3.99. The average Bonchev–Trinajstić information content (AvgIpc) is 3.40. The number of ether oxygens (including phenoxy) is 1. The lowest BCUT2D eigenvalue weighted by atomic mass is 9.89. The number of nitrogens with zero attached hydrogens (tertiary/aromatic N) is 5. The van der Waals surface area contributed by atoms with Crippen LogP contribution in [0.15, 0.2) is 34.2 Å². The number of alkyl halides is 2. The molecule has 0 saturated carbocycles. The van der Waals surface area contributed by atoms with Gasteiger partial charge in [0.05, 0.1) is 39.8 Å². The summed E-state index contributed by atoms with van der Waals surface area (Å²) in [6.45, 7) is 3.91. The number of amides is 1. The maximum absolute atomic E-state index is 12.8. The van der Waals surface area contributed by atoms with E-state index >= 15 is 0 Å². The second-order valence-corrected chi connectivity index (χ2v) is 12.8. The van der Waals surface area contributed by atoms with Crippen molar-refractivity contribution in [2.75, 3.05) is 18.1 Å². The Morgan fingerprint density at radius 1 is 1.20 bits per heavy atom. The molecule has 3 heterocycles. The first kappa shape index (κ1) is 35.5. The third kappa shape index (κ3) is 7.84. The second kappa shape index (κ2) is 13.6. The highest BCUT2D eigenvalue weighted by atomic mass is 35.5. The van der Waals surface area contributed by atoms with Crippen molar-refractivity contribution < 1.29 is 36.6 Å². The number of aryl methyl sites for hydroxylation is 1. The molecule has 0 fully saturated rings. The number of amidine groups is 1. The molecule has 14 nitrogen and oxygen atoms in total. The van der Waals surface area contributed by atoms with Crippen molar-refractivity contribution in [3.05, 3.63) is 67.6 Å². The Bertz CT molecular complexity index is 1850. The van der Waals surface area contributed by atoms with E-state index in [2.05, 4.69) is 25.1 Å². The lowest BCUT2D eigenvalue weighted by molar-refractivity contribution is -0.124. The molecule has 1 atom stereocenters. The summed E-state index contributed by atoms with van der Waals surface area (Å²) in [5.74, 6) is -1.44. The molecule has 3 aromatic rings. The van der Waals surface area contributed by atoms with Gasteiger partial charge in [-0.2, -0.15) is 13.5 Å². The Balaban J connectivity index is 0.000000246. The number of aromatic nitrogens is 4. The number of carboxylic acids is 1. The number of methoxy groups -OCH3 is 1. The number of benzene rings is 1. The summed E-state index contributed by atoms with van der Waals surface area (Å²) < 4.78 is 56.2. The number of pyridine rings is 1. The molecule has 1 aromatic carbocycles. The van der Waals surface area contributed by atoms with Crippen LogP contribution < -0.4 is 15.7 Å². The molecule has 2 aromatic heterocycles. The van der Waals surface area contributed by atoms with Crippen molar-refractivity contribution in [1.29, 1.82) is 0 Å². The van der Waals surface area contributed by atoms with Gasteiger partial charge in [0.2, 0.25) is 10.0 Å². The van der Waals surface area contributed by atoms with Gasteiger partial charge < -0.3 is 15.2 Å². The molecular weight excluding hydrogens is 663 g/mol. The minimum Gasteiger partial charge on any atom is -0.478 e. The summed E-state index contributed by atoms with van der Waals surface area (Å²) in [5, 5.41) is 15.6. The van der Waals surface area contributed by atoms with Gasteiger partial charge in [-0.1, -0.05) is 37.0 Å². The number of aromatic carboxylic acids is 1. The Morgan fingerprint density at radius 3 is 2.33 bits per heavy atom. The fraction of sp³-hybridized carbons (Fsp3) is 0.385. The van der Waals surface area contributed by atoms with E-state index in [-0.39, 0.29) is 67.3 Å². The predicted octanol–water partition coefficient (Wildman–Crippen LogP) is 3.63. The van der Waals surface area contributed by atoms with E-state index < -0.39 is 33.8 Å². The van der Waals surface area contributed by atoms with Crippen LogP contribution in [0.5, 0.6) is 0 Å². The normalized spacial score (nSPS) is 16.4. The standard InChI is InChI=1S/C15H19N3O4.C11H10Cl2F2N4O3S/c1-8(2)15(3)14(21)17-12(18-15)11-10(13(19)20)5-9(6-16-11)7-22-4;1-5-16-19(11(20)18(5)10(14)15)9-4-8(17-23(2,21)22)6(12)3-7(9)13/h5-6,8H,7H2,1-4H3,(H,19,20)(H,17,18,21);3-4,10,17H,1-2H3. The van der Waals surface area contributed by atoms with Gasteiger partial charge in [0.1, 0.15) is 17.1 Å². The van der Waals surface area contributed by atoms with Crippen LogP contribution in [0.3, 0.4) is 0 Å². The van der Waals surface area contributed by atoms with Gasteiger partial charge >= 0.3 is 18.2 Å². The van der Waals surface area contributed by atoms with Crippen LogP contribution in [0, 0.1) is 12.8 Å². The number of aliphatic imine (C=N–C) groups is 1. The SMILES string of the molecule is COCc1cnc(C2=NC(C)(C(C)C)C(=O)N2)c(C(=O)O)c1.Cc1nn(-c2cc(NS(C)(=O)=O)c(Cl)cc2Cl)c(=O)n1C(F)F. The van der Waals surface area contributed by atoms with Gasteiger partial charge in [0.25, 0.3) is 5.91 Å². The Hall–Kier alpha value is -3.93. The molecule has 244 valence electrons. The molecule has 1 amide bonds. The number of hydrogen-bond donors (Lipinski definition) is 3. The van der Waals surface area contributed by atoms with E-state index in [9.17, 15) is 36.7 Å². The monoisotopic (exact) mass is 691 g/mol. The third-order valence-corrected chi connectivity index (χ3v) is 7.81. The molecular formula is C26H29Cl2F2N7O7S. The van der Waals surface area contributed by atoms with E-state index in [1.54, 1.807) is 6.92 Å². The summed E-state index contributed by atoms with van der Waals surface area (Å²) in [6, 6.07) is 3.79. The maximum Gasteiger partial charge on any atom is 0.355 e. The lowest BCUT2D eigenvalue weighted by Gasteiger charge is -2.21. The van der Waals surface area contributed by atoms with Gasteiger partial charge in [-0.3, -0.25) is 14.5 Å². The van der Waals surface area contributed by atoms with Crippen LogP contribution in [-0.4, -0.2) is 69.5 Å². The molecule has 0 spiro atoms. The zero-order chi connectivity index (χ0) is 34.0. The first-order valence-electron chi connectivity index (χ1n) is 12.9. The first-order valence-corrected chi connectivity index (χ1v) is 15.5. The van der Waals surface area contributed by atoms with Crippen LogP contribution in [-0.2, 0) is 26.2 Å². The van der Waals surface area contributed by atoms with Crippen LogP contribution in [0.4, 0.5) is 14.5 Å². The molecule has 19 heteroatoms.